The van der Waals surface area contributed by atoms with Crippen LogP contribution >= 0.6 is 0 Å². The van der Waals surface area contributed by atoms with Gasteiger partial charge in [-0.3, -0.25) is 9.47 Å². The second-order valence-corrected chi connectivity index (χ2v) is 11.2. The molecule has 0 bridgehead atoms. The average Bonchev–Trinajstić information content (AvgIpc) is 3.74. The zero-order chi connectivity index (χ0) is 26.3. The number of likely N-dealkylation sites (N-methyl/N-ethyl adjacent to an activating group) is 1. The van der Waals surface area contributed by atoms with Gasteiger partial charge in [0.1, 0.15) is 17.5 Å². The lowest BCUT2D eigenvalue weighted by Gasteiger charge is -2.42. The maximum atomic E-state index is 6.01. The molecular formula is C29H36N10. The summed E-state index contributed by atoms with van der Waals surface area (Å²) in [5.74, 6) is 3.39. The first-order valence-electron chi connectivity index (χ1n) is 14.1. The molecule has 1 aliphatic carbocycles. The number of pyridine rings is 2. The fourth-order valence-corrected chi connectivity index (χ4v) is 5.98. The van der Waals surface area contributed by atoms with Crippen molar-refractivity contribution in [3.63, 3.8) is 0 Å². The van der Waals surface area contributed by atoms with E-state index in [0.717, 1.165) is 41.4 Å². The van der Waals surface area contributed by atoms with E-state index in [4.69, 9.17) is 15.7 Å². The highest BCUT2D eigenvalue weighted by Gasteiger charge is 2.30. The van der Waals surface area contributed by atoms with Crippen LogP contribution < -0.4 is 16.0 Å². The Hall–Kier alpha value is -3.76. The second kappa shape index (κ2) is 10.1. The maximum Gasteiger partial charge on any atom is 0.229 e. The Balaban J connectivity index is 1.05. The third-order valence-corrected chi connectivity index (χ3v) is 8.40. The van der Waals surface area contributed by atoms with Crippen LogP contribution in [0.2, 0.25) is 0 Å². The van der Waals surface area contributed by atoms with E-state index in [0.29, 0.717) is 23.7 Å². The van der Waals surface area contributed by atoms with E-state index in [1.165, 1.54) is 57.6 Å². The number of fused-ring (bicyclic) bond motifs is 1. The molecule has 202 valence electrons. The predicted octanol–water partition coefficient (Wildman–Crippen LogP) is 3.63. The lowest BCUT2D eigenvalue weighted by atomic mass is 10.0. The first-order valence-corrected chi connectivity index (χ1v) is 14.1. The zero-order valence-corrected chi connectivity index (χ0v) is 22.5. The van der Waals surface area contributed by atoms with Crippen molar-refractivity contribution < 1.29 is 0 Å². The van der Waals surface area contributed by atoms with E-state index in [1.807, 2.05) is 24.5 Å². The van der Waals surface area contributed by atoms with Gasteiger partial charge in [0.15, 0.2) is 5.65 Å². The zero-order valence-electron chi connectivity index (χ0n) is 22.5. The van der Waals surface area contributed by atoms with Gasteiger partial charge in [-0.25, -0.2) is 15.0 Å². The van der Waals surface area contributed by atoms with Crippen LogP contribution in [0, 0.1) is 0 Å². The molecule has 39 heavy (non-hydrogen) atoms. The van der Waals surface area contributed by atoms with Crippen LogP contribution in [0.3, 0.4) is 0 Å². The summed E-state index contributed by atoms with van der Waals surface area (Å²) in [7, 11) is 2.22. The SMILES string of the molecule is CN1CCN(C2CCN(c3ccc(Nc4ncc5cc(C6CC6)n(-c6cccc(N)n6)c5n4)cn3)CC2)CC1. The molecule has 0 unspecified atom stereocenters. The Bertz CT molecular complexity index is 1440. The highest BCUT2D eigenvalue weighted by molar-refractivity contribution is 5.80. The van der Waals surface area contributed by atoms with Gasteiger partial charge in [-0.15, -0.1) is 0 Å². The minimum atomic E-state index is 0.498. The quantitative estimate of drug-likeness (QED) is 0.391. The van der Waals surface area contributed by atoms with Gasteiger partial charge in [0, 0.05) is 62.6 Å². The average molecular weight is 525 g/mol. The summed E-state index contributed by atoms with van der Waals surface area (Å²) in [5, 5.41) is 4.35. The lowest BCUT2D eigenvalue weighted by Crippen LogP contribution is -2.52. The second-order valence-electron chi connectivity index (χ2n) is 11.2. The Labute approximate surface area is 228 Å². The molecule has 0 atom stereocenters. The van der Waals surface area contributed by atoms with Crippen LogP contribution in [-0.2, 0) is 0 Å². The molecular weight excluding hydrogens is 488 g/mol. The molecule has 0 radical (unpaired) electrons. The van der Waals surface area contributed by atoms with Gasteiger partial charge < -0.3 is 20.9 Å². The number of aromatic nitrogens is 5. The van der Waals surface area contributed by atoms with E-state index >= 15 is 0 Å². The summed E-state index contributed by atoms with van der Waals surface area (Å²) in [6, 6.07) is 12.8. The molecule has 10 heteroatoms. The summed E-state index contributed by atoms with van der Waals surface area (Å²) in [5.41, 5.74) is 8.93. The molecule has 2 aliphatic heterocycles. The van der Waals surface area contributed by atoms with Gasteiger partial charge in [-0.1, -0.05) is 6.07 Å². The number of nitrogens with zero attached hydrogens (tertiary/aromatic N) is 8. The number of piperazine rings is 1. The molecule has 0 spiro atoms. The van der Waals surface area contributed by atoms with Crippen LogP contribution in [0.25, 0.3) is 16.9 Å². The third kappa shape index (κ3) is 5.02. The number of nitrogens with two attached hydrogens (primary N) is 1. The van der Waals surface area contributed by atoms with Crippen molar-refractivity contribution in [1.29, 1.82) is 0 Å². The third-order valence-electron chi connectivity index (χ3n) is 8.40. The molecule has 4 aromatic rings. The highest BCUT2D eigenvalue weighted by Crippen LogP contribution is 2.43. The molecule has 1 saturated carbocycles. The molecule has 3 N–H and O–H groups in total. The van der Waals surface area contributed by atoms with Crippen molar-refractivity contribution in [1.82, 2.24) is 34.3 Å². The smallest absolute Gasteiger partial charge is 0.229 e. The van der Waals surface area contributed by atoms with E-state index in [1.54, 1.807) is 6.07 Å². The summed E-state index contributed by atoms with van der Waals surface area (Å²) < 4.78 is 2.13. The lowest BCUT2D eigenvalue weighted by molar-refractivity contribution is 0.0981. The fourth-order valence-electron chi connectivity index (χ4n) is 5.98. The number of hydrogen-bond acceptors (Lipinski definition) is 9. The molecule has 0 aromatic carbocycles. The van der Waals surface area contributed by atoms with E-state index < -0.39 is 0 Å². The van der Waals surface area contributed by atoms with Gasteiger partial charge in [-0.05, 0) is 69.0 Å². The van der Waals surface area contributed by atoms with Crippen molar-refractivity contribution in [2.75, 3.05) is 62.3 Å². The normalized spacial score (nSPS) is 19.6. The number of anilines is 4. The van der Waals surface area contributed by atoms with Crippen molar-refractivity contribution in [2.24, 2.45) is 0 Å². The molecule has 6 heterocycles. The maximum absolute atomic E-state index is 6.01. The molecule has 10 nitrogen and oxygen atoms in total. The van der Waals surface area contributed by atoms with Crippen LogP contribution in [-0.4, -0.2) is 86.7 Å². The number of nitrogen functional groups attached to an aromatic ring is 1. The monoisotopic (exact) mass is 524 g/mol. The van der Waals surface area contributed by atoms with Crippen molar-refractivity contribution in [3.05, 3.63) is 54.5 Å². The van der Waals surface area contributed by atoms with Gasteiger partial charge in [-0.2, -0.15) is 4.98 Å². The van der Waals surface area contributed by atoms with Gasteiger partial charge in [0.25, 0.3) is 0 Å². The number of rotatable bonds is 6. The number of nitrogens with one attached hydrogen (secondary N) is 1. The predicted molar refractivity (Wildman–Crippen MR) is 155 cm³/mol. The Morgan fingerprint density at radius 2 is 1.67 bits per heavy atom. The summed E-state index contributed by atoms with van der Waals surface area (Å²) in [6.07, 6.45) is 8.52. The van der Waals surface area contributed by atoms with Crippen molar-refractivity contribution >= 4 is 34.3 Å². The standard InChI is InChI=1S/C29H36N10/c1-36-13-15-37(16-14-36)23-9-11-38(12-10-23)26-8-7-22(19-31-26)33-29-32-18-21-17-24(20-5-6-20)39(28(21)35-29)27-4-2-3-25(30)34-27/h2-4,7-8,17-20,23H,5-6,9-16H2,1H3,(H2,30,34)(H,32,33,35). The molecule has 4 aromatic heterocycles. The van der Waals surface area contributed by atoms with E-state index in [9.17, 15) is 0 Å². The van der Waals surface area contributed by atoms with Gasteiger partial charge in [0.2, 0.25) is 5.95 Å². The summed E-state index contributed by atoms with van der Waals surface area (Å²) in [6.45, 7) is 6.84. The van der Waals surface area contributed by atoms with E-state index in [-0.39, 0.29) is 0 Å². The first-order chi connectivity index (χ1) is 19.1. The largest absolute Gasteiger partial charge is 0.384 e. The van der Waals surface area contributed by atoms with Gasteiger partial charge >= 0.3 is 0 Å². The molecule has 0 amide bonds. The topological polar surface area (TPSA) is 104 Å². The van der Waals surface area contributed by atoms with Gasteiger partial charge in [0.05, 0.1) is 11.9 Å². The van der Waals surface area contributed by atoms with Crippen LogP contribution in [0.5, 0.6) is 0 Å². The Morgan fingerprint density at radius 1 is 0.846 bits per heavy atom. The van der Waals surface area contributed by atoms with Crippen LogP contribution in [0.4, 0.5) is 23.3 Å². The first kappa shape index (κ1) is 24.3. The van der Waals surface area contributed by atoms with Crippen molar-refractivity contribution in [3.8, 4) is 5.82 Å². The van der Waals surface area contributed by atoms with Crippen LogP contribution in [0.1, 0.15) is 37.3 Å². The Kier molecular flexibility index (Phi) is 6.28. The molecule has 3 fully saturated rings. The highest BCUT2D eigenvalue weighted by atomic mass is 15.3. The molecule has 7 rings (SSSR count). The summed E-state index contributed by atoms with van der Waals surface area (Å²) in [4.78, 5) is 26.4. The number of piperidine rings is 1. The summed E-state index contributed by atoms with van der Waals surface area (Å²) >= 11 is 0. The Morgan fingerprint density at radius 3 is 2.38 bits per heavy atom. The minimum absolute atomic E-state index is 0.498. The minimum Gasteiger partial charge on any atom is -0.384 e. The molecule has 3 aliphatic rings. The van der Waals surface area contributed by atoms with Crippen LogP contribution in [0.15, 0.2) is 48.8 Å². The fraction of sp³-hybridized carbons (Fsp3) is 0.448. The molecule has 2 saturated heterocycles. The number of hydrogen-bond donors (Lipinski definition) is 2. The van der Waals surface area contributed by atoms with Crippen molar-refractivity contribution in [2.45, 2.75) is 37.6 Å². The van der Waals surface area contributed by atoms with E-state index in [2.05, 4.69) is 59.8 Å².